The van der Waals surface area contributed by atoms with E-state index in [0.717, 1.165) is 6.54 Å². The minimum atomic E-state index is 0.357. The van der Waals surface area contributed by atoms with Gasteiger partial charge in [0.1, 0.15) is 0 Å². The summed E-state index contributed by atoms with van der Waals surface area (Å²) in [6, 6.07) is 2.43. The van der Waals surface area contributed by atoms with E-state index in [1.165, 1.54) is 70.2 Å². The largest absolute Gasteiger partial charge is 0.307 e. The van der Waals surface area contributed by atoms with Crippen molar-refractivity contribution >= 4 is 0 Å². The van der Waals surface area contributed by atoms with Gasteiger partial charge >= 0.3 is 0 Å². The van der Waals surface area contributed by atoms with Crippen molar-refractivity contribution in [3.8, 4) is 0 Å². The van der Waals surface area contributed by atoms with Crippen molar-refractivity contribution in [2.24, 2.45) is 0 Å². The Labute approximate surface area is 128 Å². The first-order valence-electron chi connectivity index (χ1n) is 8.78. The van der Waals surface area contributed by atoms with Crippen molar-refractivity contribution in [1.82, 2.24) is 20.4 Å². The Balaban J connectivity index is 1.64. The molecule has 4 heteroatoms. The maximum absolute atomic E-state index is 4.07. The molecule has 1 unspecified atom stereocenters. The van der Waals surface area contributed by atoms with Gasteiger partial charge in [0.05, 0.1) is 5.69 Å². The maximum Gasteiger partial charge on any atom is 0.0518 e. The van der Waals surface area contributed by atoms with Gasteiger partial charge < -0.3 is 5.32 Å². The van der Waals surface area contributed by atoms with Crippen LogP contribution in [0.25, 0.3) is 0 Å². The molecule has 2 heterocycles. The molecule has 3 rings (SSSR count). The quantitative estimate of drug-likeness (QED) is 0.875. The van der Waals surface area contributed by atoms with Crippen LogP contribution in [0.5, 0.6) is 0 Å². The first kappa shape index (κ1) is 15.0. The summed E-state index contributed by atoms with van der Waals surface area (Å²) in [5.74, 6) is 0. The van der Waals surface area contributed by atoms with E-state index in [0.29, 0.717) is 11.6 Å². The second-order valence-electron chi connectivity index (χ2n) is 6.95. The van der Waals surface area contributed by atoms with E-state index in [9.17, 15) is 0 Å². The number of likely N-dealkylation sites (tertiary alicyclic amines) is 1. The van der Waals surface area contributed by atoms with Crippen molar-refractivity contribution in [1.29, 1.82) is 0 Å². The van der Waals surface area contributed by atoms with Crippen LogP contribution >= 0.6 is 0 Å². The van der Waals surface area contributed by atoms with Gasteiger partial charge in [-0.15, -0.1) is 0 Å². The summed E-state index contributed by atoms with van der Waals surface area (Å²) < 4.78 is 0. The average molecular weight is 290 g/mol. The van der Waals surface area contributed by atoms with Crippen LogP contribution in [0.15, 0.2) is 12.3 Å². The molecular weight excluding hydrogens is 260 g/mol. The van der Waals surface area contributed by atoms with E-state index >= 15 is 0 Å². The Kier molecular flexibility index (Phi) is 4.96. The fourth-order valence-electron chi connectivity index (χ4n) is 4.14. The van der Waals surface area contributed by atoms with Crippen molar-refractivity contribution in [3.63, 3.8) is 0 Å². The number of hydrogen-bond acceptors (Lipinski definition) is 3. The van der Waals surface area contributed by atoms with Crippen LogP contribution in [0.3, 0.4) is 0 Å². The first-order valence-corrected chi connectivity index (χ1v) is 8.78. The summed E-state index contributed by atoms with van der Waals surface area (Å²) in [6.07, 6.45) is 13.0. The second kappa shape index (κ2) is 6.93. The zero-order valence-electron chi connectivity index (χ0n) is 13.4. The predicted molar refractivity (Wildman–Crippen MR) is 86.2 cm³/mol. The molecule has 1 aliphatic carbocycles. The van der Waals surface area contributed by atoms with Crippen LogP contribution in [0, 0.1) is 0 Å². The summed E-state index contributed by atoms with van der Waals surface area (Å²) >= 11 is 0. The lowest BCUT2D eigenvalue weighted by Gasteiger charge is -2.49. The number of nitrogens with zero attached hydrogens (tertiary/aromatic N) is 2. The van der Waals surface area contributed by atoms with Gasteiger partial charge in [0.25, 0.3) is 0 Å². The topological polar surface area (TPSA) is 44.0 Å². The highest BCUT2D eigenvalue weighted by molar-refractivity contribution is 5.04. The summed E-state index contributed by atoms with van der Waals surface area (Å²) in [5.41, 5.74) is 1.60. The molecule has 2 fully saturated rings. The third-order valence-electron chi connectivity index (χ3n) is 5.54. The predicted octanol–water partition coefficient (Wildman–Crippen LogP) is 3.25. The molecular formula is C17H30N4. The molecule has 118 valence electrons. The molecule has 1 atom stereocenters. The standard InChI is InChI=1S/C17H30N4/c1-15(16-8-11-19-20-16)18-14-17(9-4-2-5-10-17)21-12-6-3-7-13-21/h8,11,15,18H,2-7,9-10,12-14H2,1H3,(H,19,20). The zero-order valence-corrected chi connectivity index (χ0v) is 13.4. The molecule has 0 aromatic carbocycles. The second-order valence-corrected chi connectivity index (χ2v) is 6.95. The summed E-state index contributed by atoms with van der Waals surface area (Å²) in [4.78, 5) is 2.81. The van der Waals surface area contributed by atoms with E-state index in [1.807, 2.05) is 6.20 Å². The molecule has 1 saturated heterocycles. The fraction of sp³-hybridized carbons (Fsp3) is 0.824. The lowest BCUT2D eigenvalue weighted by molar-refractivity contribution is 0.0316. The van der Waals surface area contributed by atoms with Crippen LogP contribution < -0.4 is 5.32 Å². The Hall–Kier alpha value is -0.870. The third kappa shape index (κ3) is 3.49. The molecule has 2 aliphatic rings. The molecule has 21 heavy (non-hydrogen) atoms. The van der Waals surface area contributed by atoms with Gasteiger partial charge in [0.15, 0.2) is 0 Å². The number of rotatable bonds is 5. The lowest BCUT2D eigenvalue weighted by Crippen LogP contribution is -2.57. The molecule has 1 aromatic heterocycles. The van der Waals surface area contributed by atoms with Gasteiger partial charge in [-0.05, 0) is 51.8 Å². The molecule has 0 radical (unpaired) electrons. The summed E-state index contributed by atoms with van der Waals surface area (Å²) in [5, 5.41) is 10.9. The highest BCUT2D eigenvalue weighted by Crippen LogP contribution is 2.35. The number of aromatic nitrogens is 2. The van der Waals surface area contributed by atoms with E-state index < -0.39 is 0 Å². The van der Waals surface area contributed by atoms with Crippen LogP contribution in [-0.2, 0) is 0 Å². The van der Waals surface area contributed by atoms with Gasteiger partial charge in [0.2, 0.25) is 0 Å². The maximum atomic E-state index is 4.07. The molecule has 1 saturated carbocycles. The van der Waals surface area contributed by atoms with Crippen molar-refractivity contribution in [2.45, 2.75) is 69.9 Å². The molecule has 0 amide bonds. The Morgan fingerprint density at radius 3 is 2.57 bits per heavy atom. The SMILES string of the molecule is CC(NCC1(N2CCCCC2)CCCCC1)c1ccn[nH]1. The van der Waals surface area contributed by atoms with Gasteiger partial charge in [-0.3, -0.25) is 10.00 Å². The van der Waals surface area contributed by atoms with E-state index in [2.05, 4.69) is 33.4 Å². The number of H-pyrrole nitrogens is 1. The van der Waals surface area contributed by atoms with E-state index in [1.54, 1.807) is 0 Å². The van der Waals surface area contributed by atoms with E-state index in [4.69, 9.17) is 0 Å². The van der Waals surface area contributed by atoms with Crippen molar-refractivity contribution in [3.05, 3.63) is 18.0 Å². The Morgan fingerprint density at radius 1 is 1.19 bits per heavy atom. The number of nitrogens with one attached hydrogen (secondary N) is 2. The average Bonchev–Trinajstić information content (AvgIpc) is 3.09. The van der Waals surface area contributed by atoms with Crippen molar-refractivity contribution in [2.75, 3.05) is 19.6 Å². The number of aromatic amines is 1. The monoisotopic (exact) mass is 290 g/mol. The van der Waals surface area contributed by atoms with Gasteiger partial charge in [0, 0.05) is 24.3 Å². The zero-order chi connectivity index (χ0) is 14.5. The minimum Gasteiger partial charge on any atom is -0.307 e. The van der Waals surface area contributed by atoms with Gasteiger partial charge in [-0.2, -0.15) is 5.10 Å². The molecule has 4 nitrogen and oxygen atoms in total. The van der Waals surface area contributed by atoms with Crippen LogP contribution in [0.2, 0.25) is 0 Å². The Morgan fingerprint density at radius 2 is 1.90 bits per heavy atom. The molecule has 0 bridgehead atoms. The van der Waals surface area contributed by atoms with Gasteiger partial charge in [-0.1, -0.05) is 25.7 Å². The number of hydrogen-bond donors (Lipinski definition) is 2. The third-order valence-corrected chi connectivity index (χ3v) is 5.54. The van der Waals surface area contributed by atoms with Gasteiger partial charge in [-0.25, -0.2) is 0 Å². The Bertz CT molecular complexity index is 402. The molecule has 1 aromatic rings. The lowest BCUT2D eigenvalue weighted by atomic mass is 9.79. The normalized spacial score (nSPS) is 24.8. The molecule has 1 aliphatic heterocycles. The summed E-state index contributed by atoms with van der Waals surface area (Å²) in [6.45, 7) is 5.97. The molecule has 2 N–H and O–H groups in total. The summed E-state index contributed by atoms with van der Waals surface area (Å²) in [7, 11) is 0. The highest BCUT2D eigenvalue weighted by atomic mass is 15.2. The van der Waals surface area contributed by atoms with Crippen LogP contribution in [-0.4, -0.2) is 40.3 Å². The van der Waals surface area contributed by atoms with E-state index in [-0.39, 0.29) is 0 Å². The first-order chi connectivity index (χ1) is 10.3. The van der Waals surface area contributed by atoms with Crippen molar-refractivity contribution < 1.29 is 0 Å². The van der Waals surface area contributed by atoms with Crippen LogP contribution in [0.1, 0.15) is 70.0 Å². The fourth-order valence-corrected chi connectivity index (χ4v) is 4.14. The minimum absolute atomic E-state index is 0.357. The van der Waals surface area contributed by atoms with Crippen LogP contribution in [0.4, 0.5) is 0 Å². The highest BCUT2D eigenvalue weighted by Gasteiger charge is 2.38. The number of piperidine rings is 1. The molecule has 0 spiro atoms. The smallest absolute Gasteiger partial charge is 0.0518 e.